The average molecular weight is 506 g/mol. The number of aliphatic hydroxyl groups is 2. The van der Waals surface area contributed by atoms with Crippen LogP contribution >= 0.6 is 0 Å². The van der Waals surface area contributed by atoms with Crippen molar-refractivity contribution in [1.82, 2.24) is 4.90 Å². The second-order valence-corrected chi connectivity index (χ2v) is 9.70. The lowest BCUT2D eigenvalue weighted by Gasteiger charge is -2.28. The summed E-state index contributed by atoms with van der Waals surface area (Å²) in [5.41, 5.74) is 0.174. The van der Waals surface area contributed by atoms with Crippen LogP contribution in [-0.2, 0) is 19.9 Å². The van der Waals surface area contributed by atoms with Gasteiger partial charge in [-0.05, 0) is 43.2 Å². The number of para-hydroxylation sites is 1. The van der Waals surface area contributed by atoms with Crippen LogP contribution in [0.3, 0.4) is 0 Å². The molecule has 3 atom stereocenters. The van der Waals surface area contributed by atoms with Gasteiger partial charge in [-0.1, -0.05) is 37.3 Å². The van der Waals surface area contributed by atoms with E-state index in [0.717, 1.165) is 12.8 Å². The lowest BCUT2D eigenvalue weighted by Crippen LogP contribution is -2.43. The van der Waals surface area contributed by atoms with E-state index in [1.54, 1.807) is 54.3 Å². The molecular weight excluding hydrogens is 474 g/mol. The Kier molecular flexibility index (Phi) is 6.74. The van der Waals surface area contributed by atoms with Gasteiger partial charge in [0.25, 0.3) is 5.91 Å². The summed E-state index contributed by atoms with van der Waals surface area (Å²) in [6, 6.07) is 14.1. The number of anilines is 3. The summed E-state index contributed by atoms with van der Waals surface area (Å²) in [5.74, 6) is -1.27. The van der Waals surface area contributed by atoms with Crippen LogP contribution in [0.15, 0.2) is 60.7 Å². The largest absolute Gasteiger partial charge is 0.447 e. The first-order valence-corrected chi connectivity index (χ1v) is 12.6. The first kappa shape index (κ1) is 25.0. The Hall–Kier alpha value is -3.69. The Morgan fingerprint density at radius 3 is 2.65 bits per heavy atom. The number of aliphatic hydroxyl groups excluding tert-OH is 1. The van der Waals surface area contributed by atoms with E-state index in [2.05, 4.69) is 0 Å². The number of hydrogen-bond acceptors (Lipinski definition) is 6. The third kappa shape index (κ3) is 4.28. The lowest BCUT2D eigenvalue weighted by atomic mass is 9.82. The van der Waals surface area contributed by atoms with E-state index in [-0.39, 0.29) is 31.6 Å². The van der Waals surface area contributed by atoms with Crippen LogP contribution < -0.4 is 9.80 Å². The number of nitrogens with zero attached hydrogens (tertiary/aromatic N) is 3. The molecule has 3 heterocycles. The molecule has 2 fully saturated rings. The van der Waals surface area contributed by atoms with Gasteiger partial charge in [0.05, 0.1) is 24.9 Å². The highest BCUT2D eigenvalue weighted by Gasteiger charge is 2.53. The zero-order valence-electron chi connectivity index (χ0n) is 20.7. The number of cyclic esters (lactones) is 1. The van der Waals surface area contributed by atoms with Crippen LogP contribution in [0.5, 0.6) is 0 Å². The predicted molar refractivity (Wildman–Crippen MR) is 137 cm³/mol. The lowest BCUT2D eigenvalue weighted by molar-refractivity contribution is -0.138. The van der Waals surface area contributed by atoms with Crippen LogP contribution in [-0.4, -0.2) is 65.4 Å². The third-order valence-corrected chi connectivity index (χ3v) is 7.53. The fourth-order valence-electron chi connectivity index (χ4n) is 5.47. The number of ether oxygens (including phenoxy) is 1. The van der Waals surface area contributed by atoms with Crippen molar-refractivity contribution in [3.8, 4) is 0 Å². The maximum Gasteiger partial charge on any atom is 0.414 e. The Morgan fingerprint density at radius 1 is 1.16 bits per heavy atom. The van der Waals surface area contributed by atoms with Crippen molar-refractivity contribution in [3.63, 3.8) is 0 Å². The van der Waals surface area contributed by atoms with Crippen molar-refractivity contribution < 1.29 is 29.3 Å². The van der Waals surface area contributed by atoms with Crippen LogP contribution in [0.2, 0.25) is 0 Å². The average Bonchev–Trinajstić information content (AvgIpc) is 3.62. The number of hydrogen-bond donors (Lipinski definition) is 2. The van der Waals surface area contributed by atoms with Gasteiger partial charge in [-0.15, -0.1) is 0 Å². The molecule has 37 heavy (non-hydrogen) atoms. The van der Waals surface area contributed by atoms with E-state index in [1.165, 1.54) is 9.80 Å². The van der Waals surface area contributed by atoms with E-state index in [0.29, 0.717) is 35.7 Å². The van der Waals surface area contributed by atoms with E-state index in [1.807, 2.05) is 18.2 Å². The quantitative estimate of drug-likeness (QED) is 0.560. The number of carbonyl (C=O) groups excluding carboxylic acids is 3. The number of rotatable bonds is 7. The fourth-order valence-corrected chi connectivity index (χ4v) is 5.47. The molecule has 0 radical (unpaired) electrons. The maximum absolute atomic E-state index is 13.8. The minimum atomic E-state index is -1.91. The Bertz CT molecular complexity index is 1230. The van der Waals surface area contributed by atoms with Crippen LogP contribution in [0, 0.1) is 5.92 Å². The Balaban J connectivity index is 1.46. The number of fused-ring (bicyclic) bond motifs is 1. The van der Waals surface area contributed by atoms with E-state index in [9.17, 15) is 24.6 Å². The molecule has 2 aromatic rings. The number of likely N-dealkylation sites (tertiary alicyclic amines) is 1. The Morgan fingerprint density at radius 2 is 1.95 bits per heavy atom. The van der Waals surface area contributed by atoms with Gasteiger partial charge in [0.15, 0.2) is 5.60 Å². The predicted octanol–water partition coefficient (Wildman–Crippen LogP) is 3.07. The van der Waals surface area contributed by atoms with Crippen molar-refractivity contribution >= 4 is 35.0 Å². The van der Waals surface area contributed by atoms with Crippen LogP contribution in [0.1, 0.15) is 31.7 Å². The molecule has 0 unspecified atom stereocenters. The van der Waals surface area contributed by atoms with Gasteiger partial charge in [-0.3, -0.25) is 19.4 Å². The van der Waals surface area contributed by atoms with Gasteiger partial charge < -0.3 is 19.8 Å². The molecule has 9 nitrogen and oxygen atoms in total. The van der Waals surface area contributed by atoms with Gasteiger partial charge in [0, 0.05) is 35.8 Å². The van der Waals surface area contributed by atoms with Crippen molar-refractivity contribution in [2.24, 2.45) is 5.92 Å². The van der Waals surface area contributed by atoms with Crippen LogP contribution in [0.4, 0.5) is 21.9 Å². The second-order valence-electron chi connectivity index (χ2n) is 9.70. The normalized spacial score (nSPS) is 24.2. The SMILES string of the molecule is C[C@H](/C=C/CC(=O)N1CCC[C@H]1CO)[C@@]1(O)C(=O)N(c2ccccc2)c2ccc(N3CCOC3=O)cc21. The minimum absolute atomic E-state index is 0.0564. The summed E-state index contributed by atoms with van der Waals surface area (Å²) in [6.45, 7) is 2.96. The molecule has 0 aromatic heterocycles. The van der Waals surface area contributed by atoms with Crippen molar-refractivity contribution in [2.45, 2.75) is 37.8 Å². The molecule has 2 aromatic carbocycles. The Labute approximate surface area is 215 Å². The molecule has 2 N–H and O–H groups in total. The maximum atomic E-state index is 13.8. The smallest absolute Gasteiger partial charge is 0.414 e. The number of carbonyl (C=O) groups is 3. The third-order valence-electron chi connectivity index (χ3n) is 7.53. The highest BCUT2D eigenvalue weighted by atomic mass is 16.6. The summed E-state index contributed by atoms with van der Waals surface area (Å²) >= 11 is 0. The summed E-state index contributed by atoms with van der Waals surface area (Å²) in [6.07, 6.45) is 4.66. The molecule has 194 valence electrons. The van der Waals surface area contributed by atoms with Crippen LogP contribution in [0.25, 0.3) is 0 Å². The summed E-state index contributed by atoms with van der Waals surface area (Å²) in [7, 11) is 0. The molecule has 0 saturated carbocycles. The van der Waals surface area contributed by atoms with Gasteiger partial charge in [0.1, 0.15) is 6.61 Å². The fraction of sp³-hybridized carbons (Fsp3) is 0.393. The van der Waals surface area contributed by atoms with Gasteiger partial charge in [-0.2, -0.15) is 0 Å². The van der Waals surface area contributed by atoms with E-state index < -0.39 is 23.5 Å². The molecule has 0 spiro atoms. The molecule has 3 aliphatic heterocycles. The molecular formula is C28H31N3O6. The molecule has 9 heteroatoms. The zero-order chi connectivity index (χ0) is 26.2. The summed E-state index contributed by atoms with van der Waals surface area (Å²) < 4.78 is 5.07. The zero-order valence-corrected chi connectivity index (χ0v) is 20.7. The first-order valence-electron chi connectivity index (χ1n) is 12.6. The second kappa shape index (κ2) is 9.99. The topological polar surface area (TPSA) is 111 Å². The number of benzene rings is 2. The van der Waals surface area contributed by atoms with Gasteiger partial charge >= 0.3 is 6.09 Å². The van der Waals surface area contributed by atoms with Crippen molar-refractivity contribution in [2.75, 3.05) is 36.1 Å². The van der Waals surface area contributed by atoms with Crippen molar-refractivity contribution in [1.29, 1.82) is 0 Å². The van der Waals surface area contributed by atoms with E-state index >= 15 is 0 Å². The summed E-state index contributed by atoms with van der Waals surface area (Å²) in [5, 5.41) is 21.5. The molecule has 2 saturated heterocycles. The molecule has 5 rings (SSSR count). The van der Waals surface area contributed by atoms with Crippen molar-refractivity contribution in [3.05, 3.63) is 66.2 Å². The molecule has 0 aliphatic carbocycles. The van der Waals surface area contributed by atoms with Gasteiger partial charge in [-0.25, -0.2) is 4.79 Å². The first-order chi connectivity index (χ1) is 17.9. The molecule has 0 bridgehead atoms. The highest BCUT2D eigenvalue weighted by molar-refractivity contribution is 6.12. The highest BCUT2D eigenvalue weighted by Crippen LogP contribution is 2.49. The van der Waals surface area contributed by atoms with E-state index in [4.69, 9.17) is 4.74 Å². The standard InChI is InChI=1S/C28H31N3O6/c1-19(7-5-11-25(33)29-14-6-10-22(29)18-32)28(36)23-17-21(30-15-16-37-27(30)35)12-13-24(23)31(26(28)34)20-8-3-2-4-9-20/h2-5,7-9,12-13,17,19,22,32,36H,6,10-11,14-16,18H2,1H3/b7-5+/t19-,22+,28+/m1/s1. The summed E-state index contributed by atoms with van der Waals surface area (Å²) in [4.78, 5) is 43.4. The number of amides is 3. The van der Waals surface area contributed by atoms with Gasteiger partial charge in [0.2, 0.25) is 5.91 Å². The molecule has 3 amide bonds. The minimum Gasteiger partial charge on any atom is -0.447 e. The monoisotopic (exact) mass is 505 g/mol. The molecule has 3 aliphatic rings.